The van der Waals surface area contributed by atoms with E-state index in [0.29, 0.717) is 5.52 Å². The molecule has 8 heteroatoms. The molecule has 0 spiro atoms. The van der Waals surface area contributed by atoms with Crippen LogP contribution in [-0.4, -0.2) is 16.2 Å². The molecule has 2 aromatic heterocycles. The summed E-state index contributed by atoms with van der Waals surface area (Å²) in [7, 11) is 0. The number of fused-ring (bicyclic) bond motifs is 1. The van der Waals surface area contributed by atoms with Crippen LogP contribution in [0.4, 0.5) is 15.8 Å². The lowest BCUT2D eigenvalue weighted by molar-refractivity contribution is 0.632. The molecule has 26 heavy (non-hydrogen) atoms. The van der Waals surface area contributed by atoms with Gasteiger partial charge in [0.2, 0.25) is 0 Å². The van der Waals surface area contributed by atoms with Gasteiger partial charge in [-0.2, -0.15) is 0 Å². The summed E-state index contributed by atoms with van der Waals surface area (Å²) in [6.07, 6.45) is 2.85. The average Bonchev–Trinajstić information content (AvgIpc) is 3.44. The smallest absolute Gasteiger partial charge is 0.272 e. The molecule has 1 saturated carbocycles. The van der Waals surface area contributed by atoms with Crippen molar-refractivity contribution in [1.82, 2.24) is 9.97 Å². The Morgan fingerprint density at radius 2 is 1.85 bits per heavy atom. The van der Waals surface area contributed by atoms with Gasteiger partial charge in [-0.05, 0) is 36.5 Å². The first-order valence-electron chi connectivity index (χ1n) is 8.10. The fourth-order valence-corrected chi connectivity index (χ4v) is 3.24. The second-order valence-electron chi connectivity index (χ2n) is 6.43. The van der Waals surface area contributed by atoms with Crippen molar-refractivity contribution in [2.75, 3.05) is 11.5 Å². The summed E-state index contributed by atoms with van der Waals surface area (Å²) in [4.78, 5) is 30.5. The summed E-state index contributed by atoms with van der Waals surface area (Å²) < 4.78 is 13.8. The summed E-state index contributed by atoms with van der Waals surface area (Å²) in [6, 6.07) is 4.22. The van der Waals surface area contributed by atoms with Crippen LogP contribution in [0.1, 0.15) is 30.0 Å². The maximum absolute atomic E-state index is 13.8. The lowest BCUT2D eigenvalue weighted by Crippen LogP contribution is -2.19. The number of anilines is 2. The maximum atomic E-state index is 13.8. The quantitative estimate of drug-likeness (QED) is 0.363. The molecule has 0 radical (unpaired) electrons. The molecular formula is C18H16FN5O2. The second kappa shape index (κ2) is 5.55. The van der Waals surface area contributed by atoms with Gasteiger partial charge in [-0.1, -0.05) is 6.07 Å². The number of halogens is 1. The number of aromatic nitrogens is 2. The van der Waals surface area contributed by atoms with Gasteiger partial charge in [-0.3, -0.25) is 9.59 Å². The first kappa shape index (κ1) is 16.1. The minimum absolute atomic E-state index is 0.0641. The highest BCUT2D eigenvalue weighted by Crippen LogP contribution is 2.40. The number of nitrogens with one attached hydrogen (secondary N) is 3. The Morgan fingerprint density at radius 3 is 2.50 bits per heavy atom. The van der Waals surface area contributed by atoms with Gasteiger partial charge >= 0.3 is 0 Å². The highest BCUT2D eigenvalue weighted by Gasteiger charge is 2.26. The highest BCUT2D eigenvalue weighted by molar-refractivity contribution is 6.06. The van der Waals surface area contributed by atoms with E-state index in [4.69, 9.17) is 16.9 Å². The zero-order valence-corrected chi connectivity index (χ0v) is 13.7. The molecule has 1 aliphatic carbocycles. The van der Waals surface area contributed by atoms with Gasteiger partial charge in [0, 0.05) is 23.0 Å². The topological polar surface area (TPSA) is 142 Å². The number of hydrogen-bond donors (Lipinski definition) is 5. The molecule has 2 heterocycles. The molecular weight excluding hydrogens is 337 g/mol. The van der Waals surface area contributed by atoms with Gasteiger partial charge in [0.05, 0.1) is 16.6 Å². The van der Waals surface area contributed by atoms with Crippen LogP contribution < -0.4 is 22.6 Å². The molecule has 7 N–H and O–H groups in total. The summed E-state index contributed by atoms with van der Waals surface area (Å²) in [6.45, 7) is 0. The number of H-pyrrole nitrogens is 2. The van der Waals surface area contributed by atoms with E-state index in [-0.39, 0.29) is 39.4 Å². The van der Waals surface area contributed by atoms with Crippen LogP contribution in [0.15, 0.2) is 27.8 Å². The van der Waals surface area contributed by atoms with E-state index < -0.39 is 16.9 Å². The summed E-state index contributed by atoms with van der Waals surface area (Å²) >= 11 is 0. The summed E-state index contributed by atoms with van der Waals surface area (Å²) in [5.41, 5.74) is 11.9. The zero-order chi connectivity index (χ0) is 18.6. The zero-order valence-electron chi connectivity index (χ0n) is 13.7. The van der Waals surface area contributed by atoms with Crippen LogP contribution in [0, 0.1) is 11.2 Å². The van der Waals surface area contributed by atoms with Gasteiger partial charge in [0.25, 0.3) is 11.1 Å². The minimum atomic E-state index is -0.690. The molecule has 0 bridgehead atoms. The molecule has 0 saturated heterocycles. The van der Waals surface area contributed by atoms with Crippen molar-refractivity contribution >= 4 is 28.5 Å². The highest BCUT2D eigenvalue weighted by atomic mass is 19.1. The van der Waals surface area contributed by atoms with Crippen LogP contribution in [0.25, 0.3) is 22.0 Å². The molecule has 0 amide bonds. The van der Waals surface area contributed by atoms with E-state index in [1.54, 1.807) is 6.07 Å². The standard InChI is InChI=1S/C18H16FN5O2/c19-10-4-3-8(9(6-20)15(10)21)13-14-12(24-18(26)16(13)22)5-11(7-1-2-7)23-17(14)25/h3-7,20H,1-2,21-22H2,(H,23,25)(H,24,26). The molecule has 4 rings (SSSR count). The second-order valence-corrected chi connectivity index (χ2v) is 6.43. The number of pyridine rings is 2. The molecule has 1 fully saturated rings. The fourth-order valence-electron chi connectivity index (χ4n) is 3.24. The fraction of sp³-hybridized carbons (Fsp3) is 0.167. The van der Waals surface area contributed by atoms with Crippen LogP contribution in [-0.2, 0) is 0 Å². The van der Waals surface area contributed by atoms with Gasteiger partial charge in [-0.15, -0.1) is 0 Å². The predicted molar refractivity (Wildman–Crippen MR) is 99.3 cm³/mol. The van der Waals surface area contributed by atoms with E-state index in [9.17, 15) is 14.0 Å². The largest absolute Gasteiger partial charge is 0.396 e. The van der Waals surface area contributed by atoms with Crippen molar-refractivity contribution in [2.24, 2.45) is 0 Å². The molecule has 0 unspecified atom stereocenters. The van der Waals surface area contributed by atoms with Crippen molar-refractivity contribution in [3.05, 3.63) is 56.0 Å². The van der Waals surface area contributed by atoms with E-state index in [2.05, 4.69) is 9.97 Å². The Morgan fingerprint density at radius 1 is 1.12 bits per heavy atom. The Balaban J connectivity index is 2.15. The van der Waals surface area contributed by atoms with Crippen LogP contribution in [0.3, 0.4) is 0 Å². The number of benzene rings is 1. The van der Waals surface area contributed by atoms with E-state index in [1.165, 1.54) is 6.07 Å². The van der Waals surface area contributed by atoms with Crippen molar-refractivity contribution in [3.8, 4) is 11.1 Å². The van der Waals surface area contributed by atoms with Gasteiger partial charge in [-0.25, -0.2) is 4.39 Å². The number of rotatable bonds is 3. The van der Waals surface area contributed by atoms with Crippen LogP contribution >= 0.6 is 0 Å². The van der Waals surface area contributed by atoms with Crippen LogP contribution in [0.5, 0.6) is 0 Å². The van der Waals surface area contributed by atoms with Crippen molar-refractivity contribution < 1.29 is 4.39 Å². The molecule has 1 aliphatic rings. The third kappa shape index (κ3) is 2.30. The lowest BCUT2D eigenvalue weighted by atomic mass is 9.94. The predicted octanol–water partition coefficient (Wildman–Crippen LogP) is 2.06. The Kier molecular flexibility index (Phi) is 3.43. The van der Waals surface area contributed by atoms with E-state index >= 15 is 0 Å². The molecule has 3 aromatic rings. The normalized spacial score (nSPS) is 13.9. The van der Waals surface area contributed by atoms with Crippen molar-refractivity contribution in [1.29, 1.82) is 5.41 Å². The molecule has 7 nitrogen and oxygen atoms in total. The van der Waals surface area contributed by atoms with Crippen molar-refractivity contribution in [3.63, 3.8) is 0 Å². The SMILES string of the molecule is N=Cc1c(-c2c(N)c(=O)[nH]c3cc(C4CC4)[nH]c(=O)c23)ccc(F)c1N. The number of nitrogens with two attached hydrogens (primary N) is 2. The minimum Gasteiger partial charge on any atom is -0.396 e. The summed E-state index contributed by atoms with van der Waals surface area (Å²) in [5, 5.41) is 7.75. The molecule has 0 atom stereocenters. The molecule has 1 aromatic carbocycles. The van der Waals surface area contributed by atoms with Gasteiger partial charge in [0.1, 0.15) is 11.5 Å². The Bertz CT molecular complexity index is 1190. The number of aromatic amines is 2. The summed E-state index contributed by atoms with van der Waals surface area (Å²) in [5.74, 6) is -0.403. The molecule has 132 valence electrons. The van der Waals surface area contributed by atoms with Gasteiger partial charge < -0.3 is 26.8 Å². The maximum Gasteiger partial charge on any atom is 0.272 e. The molecule has 0 aliphatic heterocycles. The third-order valence-corrected chi connectivity index (χ3v) is 4.73. The number of nitrogen functional groups attached to an aromatic ring is 2. The monoisotopic (exact) mass is 353 g/mol. The Hall–Kier alpha value is -3.42. The Labute approximate surface area is 146 Å². The third-order valence-electron chi connectivity index (χ3n) is 4.73. The first-order valence-corrected chi connectivity index (χ1v) is 8.10. The van der Waals surface area contributed by atoms with Gasteiger partial charge in [0.15, 0.2) is 0 Å². The number of hydrogen-bond acceptors (Lipinski definition) is 5. The lowest BCUT2D eigenvalue weighted by Gasteiger charge is -2.14. The van der Waals surface area contributed by atoms with E-state index in [1.807, 2.05) is 0 Å². The van der Waals surface area contributed by atoms with Crippen LogP contribution in [0.2, 0.25) is 0 Å². The van der Waals surface area contributed by atoms with E-state index in [0.717, 1.165) is 30.8 Å². The average molecular weight is 353 g/mol. The van der Waals surface area contributed by atoms with Crippen molar-refractivity contribution in [2.45, 2.75) is 18.8 Å². The first-order chi connectivity index (χ1) is 12.4.